The first-order valence-electron chi connectivity index (χ1n) is 2.65. The highest BCUT2D eigenvalue weighted by molar-refractivity contribution is 4.70. The van der Waals surface area contributed by atoms with Gasteiger partial charge in [0.25, 0.3) is 0 Å². The zero-order valence-corrected chi connectivity index (χ0v) is 5.19. The Hall–Kier alpha value is -0.580. The van der Waals surface area contributed by atoms with Gasteiger partial charge in [-0.25, -0.2) is 11.0 Å². The maximum atomic E-state index is 12.3. The lowest BCUT2D eigenvalue weighted by atomic mass is 10.1. The summed E-state index contributed by atoms with van der Waals surface area (Å²) in [4.78, 5) is 2.93. The number of hydrogen-bond acceptors (Lipinski definition) is 0. The van der Waals surface area contributed by atoms with Crippen LogP contribution in [0.5, 0.6) is 0 Å². The van der Waals surface area contributed by atoms with Crippen LogP contribution < -0.4 is 0 Å². The van der Waals surface area contributed by atoms with Crippen molar-refractivity contribution in [2.24, 2.45) is 5.92 Å². The third kappa shape index (κ3) is 2.57. The SMILES string of the molecule is [C-]#[N+]CC(F)C(C)C. The Morgan fingerprint density at radius 2 is 2.12 bits per heavy atom. The zero-order chi connectivity index (χ0) is 6.57. The molecule has 0 saturated carbocycles. The van der Waals surface area contributed by atoms with Crippen LogP contribution in [-0.4, -0.2) is 12.7 Å². The average molecular weight is 115 g/mol. The summed E-state index contributed by atoms with van der Waals surface area (Å²) in [6.45, 7) is 9.87. The minimum absolute atomic E-state index is 0.0101. The first-order chi connectivity index (χ1) is 3.68. The van der Waals surface area contributed by atoms with Crippen molar-refractivity contribution in [3.8, 4) is 0 Å². The standard InChI is InChI=1S/C6H10FN/c1-5(2)6(7)4-8-3/h5-6H,4H2,1-2H3. The van der Waals surface area contributed by atoms with Gasteiger partial charge in [0.1, 0.15) is 0 Å². The fourth-order valence-electron chi connectivity index (χ4n) is 0.298. The topological polar surface area (TPSA) is 4.36 Å². The van der Waals surface area contributed by atoms with Gasteiger partial charge in [-0.05, 0) is 5.92 Å². The maximum Gasteiger partial charge on any atom is 0.245 e. The van der Waals surface area contributed by atoms with Gasteiger partial charge in [0.05, 0.1) is 0 Å². The number of alkyl halides is 1. The second-order valence-electron chi connectivity index (χ2n) is 2.10. The quantitative estimate of drug-likeness (QED) is 0.484. The molecule has 0 saturated heterocycles. The van der Waals surface area contributed by atoms with Gasteiger partial charge in [-0.3, -0.25) is 0 Å². The molecule has 0 heterocycles. The molecule has 8 heavy (non-hydrogen) atoms. The molecule has 0 aromatic carbocycles. The summed E-state index contributed by atoms with van der Waals surface area (Å²) in [5, 5.41) is 0. The van der Waals surface area contributed by atoms with Crippen molar-refractivity contribution < 1.29 is 4.39 Å². The molecule has 1 atom stereocenters. The summed E-state index contributed by atoms with van der Waals surface area (Å²) >= 11 is 0. The summed E-state index contributed by atoms with van der Waals surface area (Å²) in [7, 11) is 0. The molecule has 0 aromatic heterocycles. The van der Waals surface area contributed by atoms with E-state index in [2.05, 4.69) is 4.85 Å². The average Bonchev–Trinajstić information content (AvgIpc) is 1.67. The van der Waals surface area contributed by atoms with Gasteiger partial charge in [0, 0.05) is 0 Å². The van der Waals surface area contributed by atoms with Crippen LogP contribution in [0.2, 0.25) is 0 Å². The fourth-order valence-corrected chi connectivity index (χ4v) is 0.298. The molecule has 0 aliphatic heterocycles. The molecule has 0 rings (SSSR count). The number of halogens is 1. The second-order valence-corrected chi connectivity index (χ2v) is 2.10. The van der Waals surface area contributed by atoms with E-state index in [-0.39, 0.29) is 12.5 Å². The largest absolute Gasteiger partial charge is 0.314 e. The normalized spacial score (nSPS) is 13.4. The molecule has 0 bridgehead atoms. The van der Waals surface area contributed by atoms with Crippen LogP contribution in [0.25, 0.3) is 4.85 Å². The Bertz CT molecular complexity index is 93.2. The first-order valence-corrected chi connectivity index (χ1v) is 2.65. The molecule has 0 radical (unpaired) electrons. The molecule has 0 spiro atoms. The summed E-state index contributed by atoms with van der Waals surface area (Å²) in [5.41, 5.74) is 0. The summed E-state index contributed by atoms with van der Waals surface area (Å²) in [5.74, 6) is -0.0101. The van der Waals surface area contributed by atoms with Gasteiger partial charge in [-0.15, -0.1) is 0 Å². The molecule has 0 aliphatic carbocycles. The van der Waals surface area contributed by atoms with E-state index in [1.165, 1.54) is 0 Å². The lowest BCUT2D eigenvalue weighted by molar-refractivity contribution is 0.274. The molecule has 46 valence electrons. The molecule has 1 unspecified atom stereocenters. The molecule has 0 aliphatic rings. The van der Waals surface area contributed by atoms with Gasteiger partial charge >= 0.3 is 0 Å². The highest BCUT2D eigenvalue weighted by atomic mass is 19.1. The third-order valence-electron chi connectivity index (χ3n) is 0.989. The van der Waals surface area contributed by atoms with E-state index in [0.29, 0.717) is 0 Å². The summed E-state index contributed by atoms with van der Waals surface area (Å²) in [6.07, 6.45) is -0.937. The smallest absolute Gasteiger partial charge is 0.245 e. The minimum Gasteiger partial charge on any atom is -0.314 e. The molecule has 1 nitrogen and oxygen atoms in total. The van der Waals surface area contributed by atoms with Gasteiger partial charge in [0.15, 0.2) is 6.17 Å². The molecule has 2 heteroatoms. The van der Waals surface area contributed by atoms with Crippen LogP contribution in [0.4, 0.5) is 4.39 Å². The highest BCUT2D eigenvalue weighted by Gasteiger charge is 2.12. The van der Waals surface area contributed by atoms with Gasteiger partial charge in [0.2, 0.25) is 6.54 Å². The second kappa shape index (κ2) is 3.43. The van der Waals surface area contributed by atoms with Crippen molar-refractivity contribution in [3.63, 3.8) is 0 Å². The molecular formula is C6H10FN. The van der Waals surface area contributed by atoms with E-state index < -0.39 is 6.17 Å². The Morgan fingerprint density at radius 1 is 1.62 bits per heavy atom. The highest BCUT2D eigenvalue weighted by Crippen LogP contribution is 2.05. The number of nitrogens with zero attached hydrogens (tertiary/aromatic N) is 1. The van der Waals surface area contributed by atoms with E-state index in [1.807, 2.05) is 0 Å². The van der Waals surface area contributed by atoms with Gasteiger partial charge in [-0.2, -0.15) is 0 Å². The van der Waals surface area contributed by atoms with Crippen molar-refractivity contribution >= 4 is 0 Å². The van der Waals surface area contributed by atoms with Crippen LogP contribution >= 0.6 is 0 Å². The zero-order valence-electron chi connectivity index (χ0n) is 5.19. The van der Waals surface area contributed by atoms with Gasteiger partial charge < -0.3 is 4.85 Å². The molecular weight excluding hydrogens is 105 g/mol. The number of rotatable bonds is 2. The van der Waals surface area contributed by atoms with Crippen LogP contribution in [-0.2, 0) is 0 Å². The van der Waals surface area contributed by atoms with Crippen LogP contribution in [0.1, 0.15) is 13.8 Å². The lowest BCUT2D eigenvalue weighted by Crippen LogP contribution is -2.11. The van der Waals surface area contributed by atoms with Crippen molar-refractivity contribution in [3.05, 3.63) is 11.4 Å². The van der Waals surface area contributed by atoms with Crippen LogP contribution in [0, 0.1) is 12.5 Å². The van der Waals surface area contributed by atoms with E-state index >= 15 is 0 Å². The monoisotopic (exact) mass is 115 g/mol. The predicted molar refractivity (Wildman–Crippen MR) is 31.2 cm³/mol. The predicted octanol–water partition coefficient (Wildman–Crippen LogP) is 1.90. The molecule has 0 N–H and O–H groups in total. The van der Waals surface area contributed by atoms with E-state index in [0.717, 1.165) is 0 Å². The first kappa shape index (κ1) is 7.42. The Kier molecular flexibility index (Phi) is 3.18. The van der Waals surface area contributed by atoms with E-state index in [9.17, 15) is 4.39 Å². The van der Waals surface area contributed by atoms with Crippen molar-refractivity contribution in [1.82, 2.24) is 0 Å². The molecule has 0 fully saturated rings. The Morgan fingerprint density at radius 3 is 2.25 bits per heavy atom. The Balaban J connectivity index is 3.35. The maximum absolute atomic E-state index is 12.3. The number of hydrogen-bond donors (Lipinski definition) is 0. The van der Waals surface area contributed by atoms with E-state index in [4.69, 9.17) is 6.57 Å². The molecule has 0 aromatic rings. The Labute approximate surface area is 49.3 Å². The fraction of sp³-hybridized carbons (Fsp3) is 0.833. The minimum atomic E-state index is -0.937. The summed E-state index contributed by atoms with van der Waals surface area (Å²) < 4.78 is 12.3. The lowest BCUT2D eigenvalue weighted by Gasteiger charge is -2.02. The third-order valence-corrected chi connectivity index (χ3v) is 0.989. The van der Waals surface area contributed by atoms with E-state index in [1.54, 1.807) is 13.8 Å². The summed E-state index contributed by atoms with van der Waals surface area (Å²) in [6, 6.07) is 0. The van der Waals surface area contributed by atoms with Crippen LogP contribution in [0.15, 0.2) is 0 Å². The van der Waals surface area contributed by atoms with Crippen molar-refractivity contribution in [2.45, 2.75) is 20.0 Å². The molecule has 0 amide bonds. The van der Waals surface area contributed by atoms with Crippen molar-refractivity contribution in [1.29, 1.82) is 0 Å². The van der Waals surface area contributed by atoms with Crippen molar-refractivity contribution in [2.75, 3.05) is 6.54 Å². The van der Waals surface area contributed by atoms with Gasteiger partial charge in [-0.1, -0.05) is 13.8 Å². The van der Waals surface area contributed by atoms with Crippen LogP contribution in [0.3, 0.4) is 0 Å².